The van der Waals surface area contributed by atoms with Gasteiger partial charge in [0.1, 0.15) is 17.0 Å². The fraction of sp³-hybridized carbons (Fsp3) is 0.426. The Morgan fingerprint density at radius 3 is 2.49 bits per heavy atom. The van der Waals surface area contributed by atoms with Gasteiger partial charge in [-0.05, 0) is 159 Å². The van der Waals surface area contributed by atoms with Crippen LogP contribution < -0.4 is 19.7 Å². The maximum Gasteiger partial charge on any atom is 0.471 e. The largest absolute Gasteiger partial charge is 0.494 e. The third-order valence-corrected chi connectivity index (χ3v) is 14.5. The van der Waals surface area contributed by atoms with Gasteiger partial charge >= 0.3 is 18.1 Å². The fourth-order valence-corrected chi connectivity index (χ4v) is 11.2. The molecule has 2 aromatic heterocycles. The summed E-state index contributed by atoms with van der Waals surface area (Å²) in [6.45, 7) is 5.57. The molecule has 5 aromatic rings. The number of anilines is 1. The zero-order valence-corrected chi connectivity index (χ0v) is 39.5. The molecular weight excluding hydrogens is 893 g/mol. The van der Waals surface area contributed by atoms with E-state index in [0.717, 1.165) is 72.2 Å². The molecule has 1 spiro atoms. The van der Waals surface area contributed by atoms with Crippen molar-refractivity contribution in [1.82, 2.24) is 15.3 Å². The number of aromatic nitrogens is 2. The average molecular weight is 952 g/mol. The van der Waals surface area contributed by atoms with Crippen molar-refractivity contribution in [1.29, 1.82) is 0 Å². The van der Waals surface area contributed by atoms with Crippen molar-refractivity contribution in [3.63, 3.8) is 0 Å². The number of benzene rings is 3. The number of methoxy groups -OCH3 is 1. The van der Waals surface area contributed by atoms with E-state index in [0.29, 0.717) is 62.0 Å². The van der Waals surface area contributed by atoms with Crippen LogP contribution in [0.25, 0.3) is 11.3 Å². The zero-order chi connectivity index (χ0) is 48.1. The number of alkyl halides is 3. The van der Waals surface area contributed by atoms with Gasteiger partial charge in [-0.1, -0.05) is 61.8 Å². The number of pyridine rings is 2. The highest BCUT2D eigenvalue weighted by atomic mass is 35.5. The molecule has 10 nitrogen and oxygen atoms in total. The Labute approximate surface area is 401 Å². The number of ether oxygens (including phenoxy) is 3. The fourth-order valence-electron chi connectivity index (χ4n) is 11.0. The van der Waals surface area contributed by atoms with E-state index in [1.54, 1.807) is 6.20 Å². The molecule has 0 bridgehead atoms. The second-order valence-electron chi connectivity index (χ2n) is 18.8. The SMILES string of the molecule is COC(=O)C1(N(C(=O)C(F)(F)F)c2cccc(Cl)c2)CCC2(CC1)c1cc(OCCCNC(=O)Cc3cccc(-c4ccccn4)c3)ccc1C[C@@H]2C[C@@H](C)COc1ccnc2c1[C@H](C)CCC2. The van der Waals surface area contributed by atoms with Crippen molar-refractivity contribution in [3.8, 4) is 22.8 Å². The van der Waals surface area contributed by atoms with Crippen LogP contribution in [0, 0.1) is 11.8 Å². The molecule has 0 radical (unpaired) electrons. The second kappa shape index (κ2) is 20.7. The predicted octanol–water partition coefficient (Wildman–Crippen LogP) is 11.0. The first kappa shape index (κ1) is 48.5. The highest BCUT2D eigenvalue weighted by Crippen LogP contribution is 2.58. The van der Waals surface area contributed by atoms with E-state index in [2.05, 4.69) is 35.2 Å². The van der Waals surface area contributed by atoms with Crippen LogP contribution in [-0.2, 0) is 43.8 Å². The first-order valence-electron chi connectivity index (χ1n) is 23.6. The number of carbonyl (C=O) groups is 3. The van der Waals surface area contributed by atoms with Gasteiger partial charge in [-0.15, -0.1) is 0 Å². The predicted molar refractivity (Wildman–Crippen MR) is 255 cm³/mol. The minimum absolute atomic E-state index is 0.0325. The number of hydrogen-bond donors (Lipinski definition) is 1. The molecule has 2 heterocycles. The molecule has 0 unspecified atom stereocenters. The number of halogens is 4. The van der Waals surface area contributed by atoms with E-state index >= 15 is 0 Å². The van der Waals surface area contributed by atoms with Crippen LogP contribution >= 0.6 is 11.6 Å². The Hall–Kier alpha value is -5.95. The van der Waals surface area contributed by atoms with Crippen molar-refractivity contribution >= 4 is 35.1 Å². The number of nitrogens with one attached hydrogen (secondary N) is 1. The lowest BCUT2D eigenvalue weighted by molar-refractivity contribution is -0.174. The summed E-state index contributed by atoms with van der Waals surface area (Å²) in [5.41, 5.74) is 4.39. The minimum atomic E-state index is -5.29. The summed E-state index contributed by atoms with van der Waals surface area (Å²) in [5.74, 6) is -1.22. The molecule has 2 amide bonds. The Kier molecular flexibility index (Phi) is 14.8. The van der Waals surface area contributed by atoms with E-state index in [-0.39, 0.29) is 47.7 Å². The number of nitrogens with zero attached hydrogens (tertiary/aromatic N) is 3. The molecule has 3 atom stereocenters. The highest BCUT2D eigenvalue weighted by Gasteiger charge is 2.60. The Morgan fingerprint density at radius 2 is 1.74 bits per heavy atom. The van der Waals surface area contributed by atoms with Crippen LogP contribution in [0.4, 0.5) is 18.9 Å². The molecule has 8 rings (SSSR count). The molecule has 358 valence electrons. The van der Waals surface area contributed by atoms with Crippen LogP contribution in [0.1, 0.15) is 99.1 Å². The van der Waals surface area contributed by atoms with E-state index in [9.17, 15) is 27.6 Å². The van der Waals surface area contributed by atoms with Gasteiger partial charge in [0, 0.05) is 46.5 Å². The van der Waals surface area contributed by atoms with Crippen LogP contribution in [0.3, 0.4) is 0 Å². The van der Waals surface area contributed by atoms with Gasteiger partial charge in [-0.25, -0.2) is 4.79 Å². The maximum atomic E-state index is 14.5. The van der Waals surface area contributed by atoms with Crippen LogP contribution in [0.5, 0.6) is 11.5 Å². The lowest BCUT2D eigenvalue weighted by atomic mass is 9.59. The third-order valence-electron chi connectivity index (χ3n) is 14.3. The normalized spacial score (nSPS) is 21.3. The van der Waals surface area contributed by atoms with E-state index in [1.807, 2.05) is 66.9 Å². The van der Waals surface area contributed by atoms with Gasteiger partial charge in [0.15, 0.2) is 0 Å². The monoisotopic (exact) mass is 950 g/mol. The standard InChI is InChI=1S/C54H58ClF3N4O6/c1-35(34-68-47-19-26-60-46-16-6-10-36(2)49(46)47)28-40-31-38-17-18-43(67-27-9-25-61-48(63)30-37-11-7-12-39(29-37)45-15-4-5-24-59-45)33-44(38)52(40)20-22-53(23-21-52,51(65)66-3)62(50(64)54(56,57)58)42-14-8-13-41(55)32-42/h4-5,7-8,11-15,17-19,24,26,29,32-33,35-36,40H,6,9-10,16,20-23,25,27-28,30-31,34H2,1-3H3,(H,61,63)/t35-,36-,40+,52?,53?/m1/s1. The van der Waals surface area contributed by atoms with Crippen LogP contribution in [-0.4, -0.2) is 66.3 Å². The number of rotatable bonds is 16. The molecule has 0 saturated heterocycles. The van der Waals surface area contributed by atoms with E-state index < -0.39 is 29.0 Å². The molecule has 1 saturated carbocycles. The number of hydrogen-bond acceptors (Lipinski definition) is 8. The van der Waals surface area contributed by atoms with Gasteiger partial charge in [0.2, 0.25) is 5.91 Å². The molecular formula is C54H58ClF3N4O6. The van der Waals surface area contributed by atoms with Crippen LogP contribution in [0.15, 0.2) is 103 Å². The number of amides is 2. The summed E-state index contributed by atoms with van der Waals surface area (Å²) in [4.78, 5) is 50.1. The number of carbonyl (C=O) groups excluding carboxylic acids is 3. The molecule has 3 aliphatic carbocycles. The topological polar surface area (TPSA) is 120 Å². The molecule has 0 aliphatic heterocycles. The quantitative estimate of drug-likeness (QED) is 0.0767. The summed E-state index contributed by atoms with van der Waals surface area (Å²) in [6, 6.07) is 27.1. The van der Waals surface area contributed by atoms with Crippen molar-refractivity contribution in [3.05, 3.63) is 136 Å². The van der Waals surface area contributed by atoms with E-state index in [4.69, 9.17) is 25.8 Å². The highest BCUT2D eigenvalue weighted by molar-refractivity contribution is 6.31. The van der Waals surface area contributed by atoms with Gasteiger partial charge in [0.25, 0.3) is 0 Å². The molecule has 68 heavy (non-hydrogen) atoms. The molecule has 1 fully saturated rings. The summed E-state index contributed by atoms with van der Waals surface area (Å²) >= 11 is 6.29. The van der Waals surface area contributed by atoms with Crippen molar-refractivity contribution < 1.29 is 41.8 Å². The van der Waals surface area contributed by atoms with Gasteiger partial charge in [0.05, 0.1) is 32.4 Å². The smallest absolute Gasteiger partial charge is 0.471 e. The van der Waals surface area contributed by atoms with Crippen LogP contribution in [0.2, 0.25) is 5.02 Å². The maximum absolute atomic E-state index is 14.5. The number of esters is 1. The van der Waals surface area contributed by atoms with Crippen molar-refractivity contribution in [2.45, 2.75) is 108 Å². The third kappa shape index (κ3) is 10.4. The summed E-state index contributed by atoms with van der Waals surface area (Å²) < 4.78 is 61.8. The van der Waals surface area contributed by atoms with Crippen molar-refractivity contribution in [2.75, 3.05) is 31.8 Å². The molecule has 14 heteroatoms. The Bertz CT molecular complexity index is 2600. The molecule has 1 N–H and O–H groups in total. The minimum Gasteiger partial charge on any atom is -0.494 e. The first-order chi connectivity index (χ1) is 32.7. The number of aryl methyl sites for hydroxylation is 1. The summed E-state index contributed by atoms with van der Waals surface area (Å²) in [6.07, 6.45) is 4.01. The zero-order valence-electron chi connectivity index (χ0n) is 38.7. The van der Waals surface area contributed by atoms with E-state index in [1.165, 1.54) is 29.8 Å². The van der Waals surface area contributed by atoms with Gasteiger partial charge < -0.3 is 19.5 Å². The Morgan fingerprint density at radius 1 is 0.926 bits per heavy atom. The summed E-state index contributed by atoms with van der Waals surface area (Å²) in [7, 11) is 1.14. The van der Waals surface area contributed by atoms with Gasteiger partial charge in [-0.2, -0.15) is 13.2 Å². The van der Waals surface area contributed by atoms with Gasteiger partial charge in [-0.3, -0.25) is 24.5 Å². The Balaban J connectivity index is 1.00. The summed E-state index contributed by atoms with van der Waals surface area (Å²) in [5, 5.41) is 3.12. The lowest BCUT2D eigenvalue weighted by Gasteiger charge is -2.51. The molecule has 3 aromatic carbocycles. The average Bonchev–Trinajstić information content (AvgIpc) is 3.61. The second-order valence-corrected chi connectivity index (χ2v) is 19.2. The first-order valence-corrected chi connectivity index (χ1v) is 24.0. The van der Waals surface area contributed by atoms with Crippen molar-refractivity contribution in [2.24, 2.45) is 11.8 Å². The number of fused-ring (bicyclic) bond motifs is 3. The lowest BCUT2D eigenvalue weighted by Crippen LogP contribution is -2.63. The molecule has 3 aliphatic rings.